The summed E-state index contributed by atoms with van der Waals surface area (Å²) in [5, 5.41) is 5.37. The number of rotatable bonds is 6. The quantitative estimate of drug-likeness (QED) is 0.732. The molecule has 0 spiro atoms. The highest BCUT2D eigenvalue weighted by molar-refractivity contribution is 7.99. The van der Waals surface area contributed by atoms with Gasteiger partial charge in [0, 0.05) is 24.7 Å². The summed E-state index contributed by atoms with van der Waals surface area (Å²) in [5.41, 5.74) is -1.08. The van der Waals surface area contributed by atoms with Crippen molar-refractivity contribution in [2.45, 2.75) is 25.6 Å². The average molecular weight is 401 g/mol. The first kappa shape index (κ1) is 19.7. The van der Waals surface area contributed by atoms with Gasteiger partial charge in [-0.15, -0.1) is 0 Å². The molecule has 1 N–H and O–H groups in total. The number of hydrogen-bond acceptors (Lipinski definition) is 3. The molecule has 1 unspecified atom stereocenters. The monoisotopic (exact) mass is 401 g/mol. The highest BCUT2D eigenvalue weighted by Crippen LogP contribution is 2.29. The number of halogens is 4. The second-order valence-electron chi connectivity index (χ2n) is 6.50. The third kappa shape index (κ3) is 5.03. The lowest BCUT2D eigenvalue weighted by molar-refractivity contribution is -0.141. The Labute approximate surface area is 158 Å². The van der Waals surface area contributed by atoms with E-state index in [2.05, 4.69) is 5.10 Å². The molecule has 1 atom stereocenters. The van der Waals surface area contributed by atoms with Crippen LogP contribution in [0.15, 0.2) is 30.3 Å². The number of nitrogens with one attached hydrogen (secondary N) is 1. The molecule has 0 aliphatic carbocycles. The standard InChI is InChI=1S/C18H19F4N3OS/c19-14-4-2-1-3-13(14)10-25(7-5-12-6-8-27-11-12)17(26)15-9-16(24-23-15)18(20,21)22/h1-4,9,12H,5-8,10-11H2,(H,23,24). The van der Waals surface area contributed by atoms with Crippen LogP contribution in [0.25, 0.3) is 0 Å². The minimum absolute atomic E-state index is 0.0143. The van der Waals surface area contributed by atoms with E-state index in [9.17, 15) is 22.4 Å². The lowest BCUT2D eigenvalue weighted by atomic mass is 10.0. The number of carbonyl (C=O) groups is 1. The zero-order chi connectivity index (χ0) is 19.4. The molecule has 2 aromatic rings. The molecule has 1 fully saturated rings. The van der Waals surface area contributed by atoms with Gasteiger partial charge in [0.1, 0.15) is 11.5 Å². The summed E-state index contributed by atoms with van der Waals surface area (Å²) in [6, 6.07) is 6.76. The molecule has 0 radical (unpaired) electrons. The van der Waals surface area contributed by atoms with Crippen molar-refractivity contribution in [1.82, 2.24) is 15.1 Å². The summed E-state index contributed by atoms with van der Waals surface area (Å²) in [6.07, 6.45) is -2.83. The maximum absolute atomic E-state index is 14.0. The largest absolute Gasteiger partial charge is 0.432 e. The number of amides is 1. The first-order chi connectivity index (χ1) is 12.8. The van der Waals surface area contributed by atoms with E-state index in [4.69, 9.17) is 0 Å². The molecule has 0 saturated carbocycles. The molecule has 3 rings (SSSR count). The Bertz CT molecular complexity index is 787. The van der Waals surface area contributed by atoms with E-state index in [1.165, 1.54) is 11.0 Å². The second kappa shape index (κ2) is 8.33. The first-order valence-corrected chi connectivity index (χ1v) is 9.73. The van der Waals surface area contributed by atoms with Crippen LogP contribution in [0.5, 0.6) is 0 Å². The molecule has 1 amide bonds. The van der Waals surface area contributed by atoms with Crippen LogP contribution in [0.4, 0.5) is 17.6 Å². The number of H-pyrrole nitrogens is 1. The van der Waals surface area contributed by atoms with Gasteiger partial charge in [-0.25, -0.2) is 4.39 Å². The lowest BCUT2D eigenvalue weighted by Gasteiger charge is -2.23. The first-order valence-electron chi connectivity index (χ1n) is 8.57. The molecule has 1 saturated heterocycles. The fourth-order valence-corrected chi connectivity index (χ4v) is 4.31. The van der Waals surface area contributed by atoms with Crippen molar-refractivity contribution in [2.24, 2.45) is 5.92 Å². The molecule has 146 valence electrons. The van der Waals surface area contributed by atoms with Crippen LogP contribution in [-0.4, -0.2) is 39.1 Å². The Kier molecular flexibility index (Phi) is 6.08. The molecule has 9 heteroatoms. The van der Waals surface area contributed by atoms with Gasteiger partial charge in [0.05, 0.1) is 0 Å². The predicted molar refractivity (Wildman–Crippen MR) is 94.8 cm³/mol. The van der Waals surface area contributed by atoms with Gasteiger partial charge in [-0.1, -0.05) is 18.2 Å². The topological polar surface area (TPSA) is 49.0 Å². The molecule has 1 aliphatic heterocycles. The van der Waals surface area contributed by atoms with Crippen molar-refractivity contribution in [3.63, 3.8) is 0 Å². The Morgan fingerprint density at radius 3 is 2.74 bits per heavy atom. The molecule has 4 nitrogen and oxygen atoms in total. The molecule has 1 aliphatic rings. The Morgan fingerprint density at radius 2 is 2.11 bits per heavy atom. The Morgan fingerprint density at radius 1 is 1.33 bits per heavy atom. The van der Waals surface area contributed by atoms with E-state index in [-0.39, 0.29) is 12.2 Å². The normalized spacial score (nSPS) is 17.3. The molecule has 2 heterocycles. The van der Waals surface area contributed by atoms with Crippen molar-refractivity contribution in [3.05, 3.63) is 53.1 Å². The minimum Gasteiger partial charge on any atom is -0.333 e. The maximum atomic E-state index is 14.0. The lowest BCUT2D eigenvalue weighted by Crippen LogP contribution is -2.33. The average Bonchev–Trinajstić information content (AvgIpc) is 3.30. The number of benzene rings is 1. The van der Waals surface area contributed by atoms with Crippen LogP contribution in [-0.2, 0) is 12.7 Å². The summed E-state index contributed by atoms with van der Waals surface area (Å²) >= 11 is 1.85. The van der Waals surface area contributed by atoms with Crippen molar-refractivity contribution >= 4 is 17.7 Å². The SMILES string of the molecule is O=C(c1cc(C(F)(F)F)[nH]n1)N(CCC1CCSC1)Cc1ccccc1F. The maximum Gasteiger partial charge on any atom is 0.432 e. The highest BCUT2D eigenvalue weighted by Gasteiger charge is 2.34. The molecular weight excluding hydrogens is 382 g/mol. The van der Waals surface area contributed by atoms with Crippen molar-refractivity contribution in [1.29, 1.82) is 0 Å². The Hall–Kier alpha value is -2.03. The summed E-state index contributed by atoms with van der Waals surface area (Å²) in [5.74, 6) is 1.43. The zero-order valence-electron chi connectivity index (χ0n) is 14.4. The summed E-state index contributed by atoms with van der Waals surface area (Å²) in [6.45, 7) is 0.326. The van der Waals surface area contributed by atoms with Crippen LogP contribution < -0.4 is 0 Å². The highest BCUT2D eigenvalue weighted by atomic mass is 32.2. The number of alkyl halides is 3. The van der Waals surface area contributed by atoms with Crippen LogP contribution in [0.3, 0.4) is 0 Å². The summed E-state index contributed by atoms with van der Waals surface area (Å²) < 4.78 is 52.3. The molecular formula is C18H19F4N3OS. The van der Waals surface area contributed by atoms with Crippen molar-refractivity contribution in [2.75, 3.05) is 18.1 Å². The number of aromatic nitrogens is 2. The number of hydrogen-bond donors (Lipinski definition) is 1. The second-order valence-corrected chi connectivity index (χ2v) is 7.65. The van der Waals surface area contributed by atoms with E-state index < -0.39 is 23.6 Å². The third-order valence-electron chi connectivity index (χ3n) is 4.54. The van der Waals surface area contributed by atoms with Crippen molar-refractivity contribution in [3.8, 4) is 0 Å². The van der Waals surface area contributed by atoms with Crippen LogP contribution in [0.1, 0.15) is 34.6 Å². The third-order valence-corrected chi connectivity index (χ3v) is 5.77. The van der Waals surface area contributed by atoms with E-state index in [1.807, 2.05) is 16.9 Å². The molecule has 0 bridgehead atoms. The predicted octanol–water partition coefficient (Wildman–Crippen LogP) is 4.35. The minimum atomic E-state index is -4.61. The van der Waals surface area contributed by atoms with Gasteiger partial charge >= 0.3 is 6.18 Å². The number of carbonyl (C=O) groups excluding carboxylic acids is 1. The van der Waals surface area contributed by atoms with Gasteiger partial charge in [0.15, 0.2) is 5.69 Å². The molecule has 1 aromatic carbocycles. The van der Waals surface area contributed by atoms with Crippen LogP contribution in [0, 0.1) is 11.7 Å². The zero-order valence-corrected chi connectivity index (χ0v) is 15.2. The molecule has 1 aromatic heterocycles. The summed E-state index contributed by atoms with van der Waals surface area (Å²) in [7, 11) is 0. The number of nitrogens with zero attached hydrogens (tertiary/aromatic N) is 2. The smallest absolute Gasteiger partial charge is 0.333 e. The van der Waals surface area contributed by atoms with Gasteiger partial charge < -0.3 is 4.90 Å². The van der Waals surface area contributed by atoms with E-state index >= 15 is 0 Å². The Balaban J connectivity index is 1.78. The fourth-order valence-electron chi connectivity index (χ4n) is 2.97. The van der Waals surface area contributed by atoms with Gasteiger partial charge in [0.2, 0.25) is 0 Å². The van der Waals surface area contributed by atoms with Gasteiger partial charge in [0.25, 0.3) is 5.91 Å². The van der Waals surface area contributed by atoms with E-state index in [0.717, 1.165) is 24.3 Å². The fraction of sp³-hybridized carbons (Fsp3) is 0.444. The van der Waals surface area contributed by atoms with Gasteiger partial charge in [-0.2, -0.15) is 30.0 Å². The summed E-state index contributed by atoms with van der Waals surface area (Å²) in [4.78, 5) is 14.1. The van der Waals surface area contributed by atoms with E-state index in [1.54, 1.807) is 18.2 Å². The van der Waals surface area contributed by atoms with E-state index in [0.29, 0.717) is 24.1 Å². The van der Waals surface area contributed by atoms with Gasteiger partial charge in [-0.05, 0) is 36.3 Å². The van der Waals surface area contributed by atoms with Crippen LogP contribution >= 0.6 is 11.8 Å². The van der Waals surface area contributed by atoms with Crippen molar-refractivity contribution < 1.29 is 22.4 Å². The van der Waals surface area contributed by atoms with Gasteiger partial charge in [-0.3, -0.25) is 9.89 Å². The number of aromatic amines is 1. The number of thioether (sulfide) groups is 1. The van der Waals surface area contributed by atoms with Crippen LogP contribution in [0.2, 0.25) is 0 Å². The molecule has 27 heavy (non-hydrogen) atoms.